The first-order chi connectivity index (χ1) is 14.0. The van der Waals surface area contributed by atoms with Gasteiger partial charge in [0.15, 0.2) is 0 Å². The third-order valence-corrected chi connectivity index (χ3v) is 6.96. The summed E-state index contributed by atoms with van der Waals surface area (Å²) >= 11 is 2.80. The smallest absolute Gasteiger partial charge is 0.265 e. The van der Waals surface area contributed by atoms with Gasteiger partial charge in [-0.05, 0) is 12.8 Å². The van der Waals surface area contributed by atoms with Crippen LogP contribution in [0.4, 0.5) is 0 Å². The fourth-order valence-corrected chi connectivity index (χ4v) is 4.59. The highest BCUT2D eigenvalue weighted by molar-refractivity contribution is 7.13. The molecular weight excluding hydrogens is 410 g/mol. The van der Waals surface area contributed by atoms with Crippen LogP contribution >= 0.6 is 22.7 Å². The van der Waals surface area contributed by atoms with Crippen molar-refractivity contribution >= 4 is 40.4 Å². The Bertz CT molecular complexity index is 871. The number of nitrogens with one attached hydrogen (secondary N) is 1. The number of piperazine rings is 1. The summed E-state index contributed by atoms with van der Waals surface area (Å²) in [5.41, 5.74) is 0. The lowest BCUT2D eigenvalue weighted by Crippen LogP contribution is -2.50. The van der Waals surface area contributed by atoms with E-state index in [9.17, 15) is 14.4 Å². The van der Waals surface area contributed by atoms with Crippen molar-refractivity contribution in [3.8, 4) is 0 Å². The van der Waals surface area contributed by atoms with E-state index in [1.807, 2.05) is 13.8 Å². The van der Waals surface area contributed by atoms with Gasteiger partial charge in [0.1, 0.15) is 9.75 Å². The summed E-state index contributed by atoms with van der Waals surface area (Å²) in [4.78, 5) is 50.2. The highest BCUT2D eigenvalue weighted by Crippen LogP contribution is 2.17. The molecule has 2 aromatic heterocycles. The number of hydrogen-bond donors (Lipinski definition) is 1. The predicted octanol–water partition coefficient (Wildman–Crippen LogP) is 1.83. The molecule has 29 heavy (non-hydrogen) atoms. The number of nitrogens with zero attached hydrogens (tertiary/aromatic N) is 4. The Labute approximate surface area is 178 Å². The number of thiazole rings is 2. The first-order valence-electron chi connectivity index (χ1n) is 9.76. The molecule has 156 valence electrons. The second kappa shape index (κ2) is 9.93. The van der Waals surface area contributed by atoms with E-state index < -0.39 is 0 Å². The first-order valence-corrected chi connectivity index (χ1v) is 11.4. The molecule has 3 heterocycles. The second-order valence-corrected chi connectivity index (χ2v) is 8.85. The molecule has 0 saturated carbocycles. The van der Waals surface area contributed by atoms with Crippen LogP contribution in [0.15, 0.2) is 12.4 Å². The zero-order chi connectivity index (χ0) is 20.8. The van der Waals surface area contributed by atoms with Crippen molar-refractivity contribution in [1.82, 2.24) is 25.1 Å². The highest BCUT2D eigenvalue weighted by Gasteiger charge is 2.25. The number of carbonyl (C=O) groups is 3. The molecule has 0 spiro atoms. The van der Waals surface area contributed by atoms with E-state index in [4.69, 9.17) is 0 Å². The van der Waals surface area contributed by atoms with Crippen LogP contribution in [0.25, 0.3) is 0 Å². The molecule has 0 aliphatic carbocycles. The summed E-state index contributed by atoms with van der Waals surface area (Å²) in [6, 6.07) is 0. The molecule has 0 aromatic carbocycles. The minimum absolute atomic E-state index is 0.0120. The Morgan fingerprint density at radius 3 is 2.07 bits per heavy atom. The molecule has 1 saturated heterocycles. The lowest BCUT2D eigenvalue weighted by Gasteiger charge is -2.34. The lowest BCUT2D eigenvalue weighted by atomic mass is 10.2. The van der Waals surface area contributed by atoms with Crippen LogP contribution < -0.4 is 5.32 Å². The van der Waals surface area contributed by atoms with Crippen molar-refractivity contribution < 1.29 is 14.4 Å². The summed E-state index contributed by atoms with van der Waals surface area (Å²) in [5, 5.41) is 4.65. The Hall–Kier alpha value is -2.33. The summed E-state index contributed by atoms with van der Waals surface area (Å²) in [5.74, 6) is -0.221. The van der Waals surface area contributed by atoms with Crippen LogP contribution in [0.3, 0.4) is 0 Å². The maximum absolute atomic E-state index is 12.6. The molecule has 1 aliphatic rings. The van der Waals surface area contributed by atoms with Crippen molar-refractivity contribution in [3.05, 3.63) is 32.2 Å². The van der Waals surface area contributed by atoms with Crippen molar-refractivity contribution in [2.45, 2.75) is 33.1 Å². The van der Waals surface area contributed by atoms with Crippen molar-refractivity contribution in [2.24, 2.45) is 0 Å². The van der Waals surface area contributed by atoms with Gasteiger partial charge < -0.3 is 15.1 Å². The van der Waals surface area contributed by atoms with Gasteiger partial charge in [-0.15, -0.1) is 22.7 Å². The van der Waals surface area contributed by atoms with Crippen molar-refractivity contribution in [3.63, 3.8) is 0 Å². The fraction of sp³-hybridized carbons (Fsp3) is 0.526. The van der Waals surface area contributed by atoms with Gasteiger partial charge in [0.05, 0.1) is 22.4 Å². The third-order valence-electron chi connectivity index (χ3n) is 4.69. The van der Waals surface area contributed by atoms with E-state index in [0.717, 1.165) is 22.9 Å². The Kier molecular flexibility index (Phi) is 7.32. The molecule has 0 unspecified atom stereocenters. The molecular formula is C19H25N5O3S2. The summed E-state index contributed by atoms with van der Waals surface area (Å²) < 4.78 is 0. The van der Waals surface area contributed by atoms with Gasteiger partial charge in [-0.1, -0.05) is 13.8 Å². The Morgan fingerprint density at radius 2 is 1.48 bits per heavy atom. The third kappa shape index (κ3) is 5.39. The predicted molar refractivity (Wildman–Crippen MR) is 112 cm³/mol. The number of aromatic nitrogens is 2. The van der Waals surface area contributed by atoms with Crippen LogP contribution in [0.2, 0.25) is 0 Å². The number of aryl methyl sites for hydroxylation is 2. The molecule has 0 bridgehead atoms. The van der Waals surface area contributed by atoms with Crippen LogP contribution in [-0.4, -0.2) is 70.2 Å². The van der Waals surface area contributed by atoms with Crippen LogP contribution in [-0.2, 0) is 17.6 Å². The maximum atomic E-state index is 12.6. The van der Waals surface area contributed by atoms with Crippen LogP contribution in [0.1, 0.15) is 49.6 Å². The van der Waals surface area contributed by atoms with Gasteiger partial charge >= 0.3 is 0 Å². The van der Waals surface area contributed by atoms with Gasteiger partial charge in [0.25, 0.3) is 11.8 Å². The largest absolute Gasteiger partial charge is 0.351 e. The summed E-state index contributed by atoms with van der Waals surface area (Å²) in [6.07, 6.45) is 5.07. The normalized spacial score (nSPS) is 14.1. The number of carbonyl (C=O) groups excluding carboxylic acids is 3. The van der Waals surface area contributed by atoms with Crippen LogP contribution in [0.5, 0.6) is 0 Å². The first kappa shape index (κ1) is 21.4. The average Bonchev–Trinajstić information content (AvgIpc) is 3.42. The minimum atomic E-state index is -0.193. The SMILES string of the molecule is CCc1ncc(C(=O)NCCC(=O)N2CCN(C(=O)c3cnc(CC)s3)CC2)s1. The van der Waals surface area contributed by atoms with Crippen LogP contribution in [0, 0.1) is 0 Å². The molecule has 1 aliphatic heterocycles. The summed E-state index contributed by atoms with van der Waals surface area (Å²) in [7, 11) is 0. The molecule has 0 atom stereocenters. The molecule has 1 fully saturated rings. The van der Waals surface area contributed by atoms with E-state index in [1.165, 1.54) is 22.7 Å². The fourth-order valence-electron chi connectivity index (χ4n) is 2.99. The van der Waals surface area contributed by atoms with Crippen molar-refractivity contribution in [1.29, 1.82) is 0 Å². The molecule has 10 heteroatoms. The Morgan fingerprint density at radius 1 is 0.931 bits per heavy atom. The van der Waals surface area contributed by atoms with E-state index in [0.29, 0.717) is 35.9 Å². The van der Waals surface area contributed by atoms with Gasteiger partial charge in [-0.2, -0.15) is 0 Å². The summed E-state index contributed by atoms with van der Waals surface area (Å²) in [6.45, 7) is 6.33. The topological polar surface area (TPSA) is 95.5 Å². The quantitative estimate of drug-likeness (QED) is 0.716. The standard InChI is InChI=1S/C19H25N5O3S2/c1-3-15-21-11-13(28-15)18(26)20-6-5-17(25)23-7-9-24(10-8-23)19(27)14-12-22-16(4-2)29-14/h11-12H,3-10H2,1-2H3,(H,20,26). The minimum Gasteiger partial charge on any atom is -0.351 e. The molecule has 0 radical (unpaired) electrons. The zero-order valence-electron chi connectivity index (χ0n) is 16.6. The monoisotopic (exact) mass is 435 g/mol. The number of amides is 3. The van der Waals surface area contributed by atoms with Crippen molar-refractivity contribution in [2.75, 3.05) is 32.7 Å². The zero-order valence-corrected chi connectivity index (χ0v) is 18.3. The maximum Gasteiger partial charge on any atom is 0.265 e. The average molecular weight is 436 g/mol. The lowest BCUT2D eigenvalue weighted by molar-refractivity contribution is -0.132. The van der Waals surface area contributed by atoms with E-state index in [1.54, 1.807) is 22.2 Å². The van der Waals surface area contributed by atoms with E-state index in [2.05, 4.69) is 15.3 Å². The molecule has 3 amide bonds. The Balaban J connectivity index is 1.40. The number of rotatable bonds is 7. The van der Waals surface area contributed by atoms with E-state index in [-0.39, 0.29) is 30.7 Å². The molecule has 2 aromatic rings. The van der Waals surface area contributed by atoms with Gasteiger partial charge in [-0.25, -0.2) is 9.97 Å². The molecule has 3 rings (SSSR count). The molecule has 1 N–H and O–H groups in total. The van der Waals surface area contributed by atoms with Gasteiger partial charge in [-0.3, -0.25) is 14.4 Å². The van der Waals surface area contributed by atoms with Gasteiger partial charge in [0.2, 0.25) is 5.91 Å². The number of hydrogen-bond acceptors (Lipinski definition) is 7. The highest BCUT2D eigenvalue weighted by atomic mass is 32.1. The molecule has 8 nitrogen and oxygen atoms in total. The van der Waals surface area contributed by atoms with Gasteiger partial charge in [0, 0.05) is 39.1 Å². The van der Waals surface area contributed by atoms with E-state index >= 15 is 0 Å². The second-order valence-electron chi connectivity index (χ2n) is 6.62.